The summed E-state index contributed by atoms with van der Waals surface area (Å²) in [4.78, 5) is 16.9. The first-order valence-corrected chi connectivity index (χ1v) is 6.94. The number of fused-ring (bicyclic) bond motifs is 1. The third kappa shape index (κ3) is 2.65. The van der Waals surface area contributed by atoms with Crippen molar-refractivity contribution in [2.24, 2.45) is 7.05 Å². The van der Waals surface area contributed by atoms with Crippen LogP contribution >= 0.6 is 0 Å². The van der Waals surface area contributed by atoms with E-state index in [1.807, 2.05) is 0 Å². The van der Waals surface area contributed by atoms with Crippen LogP contribution in [0.2, 0.25) is 0 Å². The second kappa shape index (κ2) is 5.42. The molecule has 0 saturated heterocycles. The highest BCUT2D eigenvalue weighted by atomic mass is 19.1. The molecular weight excluding hydrogens is 302 g/mol. The van der Waals surface area contributed by atoms with E-state index < -0.39 is 17.5 Å². The van der Waals surface area contributed by atoms with Gasteiger partial charge in [-0.1, -0.05) is 0 Å². The van der Waals surface area contributed by atoms with Gasteiger partial charge < -0.3 is 5.32 Å². The van der Waals surface area contributed by atoms with Gasteiger partial charge in [0, 0.05) is 18.8 Å². The lowest BCUT2D eigenvalue weighted by Crippen LogP contribution is -2.14. The molecule has 5 nitrogen and oxygen atoms in total. The van der Waals surface area contributed by atoms with Gasteiger partial charge in [0.15, 0.2) is 5.65 Å². The predicted octanol–water partition coefficient (Wildman–Crippen LogP) is 3.12. The van der Waals surface area contributed by atoms with E-state index in [9.17, 15) is 13.6 Å². The Labute approximate surface area is 130 Å². The fourth-order valence-electron chi connectivity index (χ4n) is 2.53. The first kappa shape index (κ1) is 15.1. The van der Waals surface area contributed by atoms with Crippen molar-refractivity contribution in [2.45, 2.75) is 13.8 Å². The number of halogens is 2. The number of hydrogen-bond acceptors (Lipinski definition) is 3. The number of nitrogens with zero attached hydrogens (tertiary/aromatic N) is 3. The van der Waals surface area contributed by atoms with Gasteiger partial charge >= 0.3 is 0 Å². The molecule has 2 heterocycles. The minimum atomic E-state index is -0.704. The second-order valence-corrected chi connectivity index (χ2v) is 5.30. The van der Waals surface area contributed by atoms with Crippen molar-refractivity contribution in [1.82, 2.24) is 14.8 Å². The second-order valence-electron chi connectivity index (χ2n) is 5.30. The van der Waals surface area contributed by atoms with E-state index >= 15 is 0 Å². The van der Waals surface area contributed by atoms with Gasteiger partial charge in [-0.2, -0.15) is 5.10 Å². The largest absolute Gasteiger partial charge is 0.319 e. The number of amides is 1. The van der Waals surface area contributed by atoms with Crippen molar-refractivity contribution in [3.05, 3.63) is 52.9 Å². The van der Waals surface area contributed by atoms with Gasteiger partial charge in [0.25, 0.3) is 5.91 Å². The summed E-state index contributed by atoms with van der Waals surface area (Å²) in [6.45, 7) is 3.51. The third-order valence-corrected chi connectivity index (χ3v) is 3.52. The Hall–Kier alpha value is -2.83. The zero-order valence-corrected chi connectivity index (χ0v) is 12.8. The third-order valence-electron chi connectivity index (χ3n) is 3.52. The lowest BCUT2D eigenvalue weighted by molar-refractivity contribution is 0.102. The molecule has 23 heavy (non-hydrogen) atoms. The quantitative estimate of drug-likeness (QED) is 0.790. The average molecular weight is 316 g/mol. The van der Waals surface area contributed by atoms with Crippen LogP contribution in [0.15, 0.2) is 24.3 Å². The van der Waals surface area contributed by atoms with Crippen LogP contribution in [0.5, 0.6) is 0 Å². The number of anilines is 1. The summed E-state index contributed by atoms with van der Waals surface area (Å²) in [5.41, 5.74) is 1.94. The van der Waals surface area contributed by atoms with Crippen molar-refractivity contribution in [1.29, 1.82) is 0 Å². The van der Waals surface area contributed by atoms with E-state index in [4.69, 9.17) is 0 Å². The molecule has 1 aromatic carbocycles. The van der Waals surface area contributed by atoms with Crippen LogP contribution in [0.3, 0.4) is 0 Å². The molecule has 0 unspecified atom stereocenters. The first-order chi connectivity index (χ1) is 10.9. The Bertz CT molecular complexity index is 933. The molecule has 1 N–H and O–H groups in total. The zero-order valence-electron chi connectivity index (χ0n) is 12.8. The smallest absolute Gasteiger partial charge is 0.256 e. The molecule has 1 amide bonds. The maximum atomic E-state index is 13.7. The standard InChI is InChI=1S/C16H14F2N4O/c1-8-6-11(14-9(2)21-22(3)15(14)19-8)16(23)20-13-7-10(17)4-5-12(13)18/h4-7H,1-3H3,(H,20,23). The van der Waals surface area contributed by atoms with E-state index in [0.717, 1.165) is 18.2 Å². The van der Waals surface area contributed by atoms with Crippen molar-refractivity contribution in [2.75, 3.05) is 5.32 Å². The van der Waals surface area contributed by atoms with Crippen molar-refractivity contribution >= 4 is 22.6 Å². The van der Waals surface area contributed by atoms with Gasteiger partial charge in [-0.15, -0.1) is 0 Å². The predicted molar refractivity (Wildman–Crippen MR) is 82.3 cm³/mol. The normalized spacial score (nSPS) is 11.0. The molecule has 0 radical (unpaired) electrons. The van der Waals surface area contributed by atoms with Gasteiger partial charge in [0.1, 0.15) is 11.6 Å². The van der Waals surface area contributed by atoms with E-state index in [0.29, 0.717) is 28.0 Å². The Morgan fingerprint density at radius 2 is 1.96 bits per heavy atom. The van der Waals surface area contributed by atoms with Gasteiger partial charge in [0.2, 0.25) is 0 Å². The maximum Gasteiger partial charge on any atom is 0.256 e. The van der Waals surface area contributed by atoms with Crippen LogP contribution in [-0.4, -0.2) is 20.7 Å². The SMILES string of the molecule is Cc1cc(C(=O)Nc2cc(F)ccc2F)c2c(C)nn(C)c2n1. The molecule has 2 aromatic heterocycles. The van der Waals surface area contributed by atoms with Crippen LogP contribution in [0.25, 0.3) is 11.0 Å². The lowest BCUT2D eigenvalue weighted by atomic mass is 10.1. The van der Waals surface area contributed by atoms with Crippen LogP contribution in [0.4, 0.5) is 14.5 Å². The number of aryl methyl sites for hydroxylation is 3. The minimum Gasteiger partial charge on any atom is -0.319 e. The zero-order chi connectivity index (χ0) is 16.7. The molecule has 0 saturated carbocycles. The minimum absolute atomic E-state index is 0.209. The van der Waals surface area contributed by atoms with E-state index in [1.165, 1.54) is 0 Å². The molecule has 0 fully saturated rings. The van der Waals surface area contributed by atoms with E-state index in [2.05, 4.69) is 15.4 Å². The first-order valence-electron chi connectivity index (χ1n) is 6.94. The molecule has 0 spiro atoms. The van der Waals surface area contributed by atoms with Gasteiger partial charge in [-0.3, -0.25) is 9.48 Å². The van der Waals surface area contributed by atoms with E-state index in [-0.39, 0.29) is 5.69 Å². The molecule has 0 aliphatic heterocycles. The van der Waals surface area contributed by atoms with Crippen molar-refractivity contribution < 1.29 is 13.6 Å². The highest BCUT2D eigenvalue weighted by molar-refractivity contribution is 6.12. The molecule has 0 aliphatic carbocycles. The molecule has 7 heteroatoms. The highest BCUT2D eigenvalue weighted by Gasteiger charge is 2.19. The Kier molecular flexibility index (Phi) is 3.55. The molecule has 118 valence electrons. The summed E-state index contributed by atoms with van der Waals surface area (Å²) in [6, 6.07) is 4.50. The molecular formula is C16H14F2N4O. The summed E-state index contributed by atoms with van der Waals surface area (Å²) in [7, 11) is 1.73. The van der Waals surface area contributed by atoms with Gasteiger partial charge in [-0.05, 0) is 32.0 Å². The molecule has 0 atom stereocenters. The van der Waals surface area contributed by atoms with Gasteiger partial charge in [-0.25, -0.2) is 13.8 Å². The van der Waals surface area contributed by atoms with Crippen molar-refractivity contribution in [3.63, 3.8) is 0 Å². The summed E-state index contributed by atoms with van der Waals surface area (Å²) in [5, 5.41) is 7.25. The molecule has 0 aliphatic rings. The number of hydrogen-bond donors (Lipinski definition) is 1. The maximum absolute atomic E-state index is 13.7. The monoisotopic (exact) mass is 316 g/mol. The van der Waals surface area contributed by atoms with Crippen LogP contribution in [0, 0.1) is 25.5 Å². The Balaban J connectivity index is 2.09. The number of benzene rings is 1. The molecule has 0 bridgehead atoms. The molecule has 3 rings (SSSR count). The van der Waals surface area contributed by atoms with Crippen molar-refractivity contribution in [3.8, 4) is 0 Å². The number of rotatable bonds is 2. The summed E-state index contributed by atoms with van der Waals surface area (Å²) in [6.07, 6.45) is 0. The highest BCUT2D eigenvalue weighted by Crippen LogP contribution is 2.23. The topological polar surface area (TPSA) is 59.8 Å². The number of carbonyl (C=O) groups is 1. The summed E-state index contributed by atoms with van der Waals surface area (Å²) in [5.74, 6) is -1.87. The van der Waals surface area contributed by atoms with Crippen LogP contribution in [-0.2, 0) is 7.05 Å². The number of aromatic nitrogens is 3. The number of nitrogens with one attached hydrogen (secondary N) is 1. The summed E-state index contributed by atoms with van der Waals surface area (Å²) < 4.78 is 28.5. The average Bonchev–Trinajstić information content (AvgIpc) is 2.77. The summed E-state index contributed by atoms with van der Waals surface area (Å²) >= 11 is 0. The fourth-order valence-corrected chi connectivity index (χ4v) is 2.53. The lowest BCUT2D eigenvalue weighted by Gasteiger charge is -2.09. The van der Waals surface area contributed by atoms with Gasteiger partial charge in [0.05, 0.1) is 22.3 Å². The number of pyridine rings is 1. The Morgan fingerprint density at radius 1 is 1.22 bits per heavy atom. The fraction of sp³-hybridized carbons (Fsp3) is 0.188. The molecule has 3 aromatic rings. The Morgan fingerprint density at radius 3 is 2.70 bits per heavy atom. The van der Waals surface area contributed by atoms with E-state index in [1.54, 1.807) is 31.6 Å². The van der Waals surface area contributed by atoms with Crippen LogP contribution < -0.4 is 5.32 Å². The van der Waals surface area contributed by atoms with Crippen LogP contribution in [0.1, 0.15) is 21.7 Å². The number of carbonyl (C=O) groups excluding carboxylic acids is 1.